The van der Waals surface area contributed by atoms with Gasteiger partial charge >= 0.3 is 0 Å². The summed E-state index contributed by atoms with van der Waals surface area (Å²) in [5.74, 6) is 0. The molecule has 0 radical (unpaired) electrons. The monoisotopic (exact) mass is 336 g/mol. The third-order valence-electron chi connectivity index (χ3n) is 4.06. The van der Waals surface area contributed by atoms with Gasteiger partial charge in [0.15, 0.2) is 0 Å². The Hall–Kier alpha value is -1.22. The van der Waals surface area contributed by atoms with Crippen molar-refractivity contribution < 1.29 is 0 Å². The zero-order valence-corrected chi connectivity index (χ0v) is 14.0. The van der Waals surface area contributed by atoms with Crippen molar-refractivity contribution in [1.29, 1.82) is 0 Å². The van der Waals surface area contributed by atoms with Gasteiger partial charge in [0.2, 0.25) is 0 Å². The molecule has 2 nitrogen and oxygen atoms in total. The number of benzene rings is 2. The van der Waals surface area contributed by atoms with Crippen molar-refractivity contribution in [2.24, 2.45) is 0 Å². The van der Waals surface area contributed by atoms with Gasteiger partial charge in [0.05, 0.1) is 0 Å². The van der Waals surface area contributed by atoms with Crippen LogP contribution in [-0.2, 0) is 6.42 Å². The van der Waals surface area contributed by atoms with Crippen LogP contribution in [0, 0.1) is 0 Å². The van der Waals surface area contributed by atoms with Crippen LogP contribution in [0.1, 0.15) is 18.4 Å². The van der Waals surface area contributed by atoms with E-state index in [9.17, 15) is 0 Å². The van der Waals surface area contributed by atoms with Crippen LogP contribution >= 0.6 is 24.0 Å². The van der Waals surface area contributed by atoms with Crippen LogP contribution in [0.15, 0.2) is 54.6 Å². The molecule has 0 spiro atoms. The van der Waals surface area contributed by atoms with Gasteiger partial charge in [-0.15, -0.1) is 12.4 Å². The molecule has 0 bridgehead atoms. The van der Waals surface area contributed by atoms with E-state index in [4.69, 9.17) is 11.6 Å². The summed E-state index contributed by atoms with van der Waals surface area (Å²) in [5, 5.41) is 8.08. The summed E-state index contributed by atoms with van der Waals surface area (Å²) in [7, 11) is 0. The maximum absolute atomic E-state index is 6.07. The highest BCUT2D eigenvalue weighted by Crippen LogP contribution is 2.21. The molecule has 0 unspecified atom stereocenters. The molecule has 0 aliphatic carbocycles. The standard InChI is InChI=1S/C18H21ClN2.ClH/c19-15-8-4-9-16(13-15)21-17-10-5-11-20-18(17)12-14-6-2-1-3-7-14;/h1-4,6-9,13,17-18,20-21H,5,10-12H2;1H/t17-,18-;/m0./s1. The van der Waals surface area contributed by atoms with E-state index >= 15 is 0 Å². The molecule has 118 valence electrons. The summed E-state index contributed by atoms with van der Waals surface area (Å²) in [5.41, 5.74) is 2.49. The van der Waals surface area contributed by atoms with E-state index in [1.807, 2.05) is 18.2 Å². The zero-order valence-electron chi connectivity index (χ0n) is 12.5. The molecule has 0 aromatic heterocycles. The lowest BCUT2D eigenvalue weighted by Gasteiger charge is -2.34. The maximum atomic E-state index is 6.07. The van der Waals surface area contributed by atoms with Crippen LogP contribution in [0.4, 0.5) is 5.69 Å². The molecule has 2 aromatic carbocycles. The molecular weight excluding hydrogens is 315 g/mol. The second-order valence-corrected chi connectivity index (χ2v) is 6.09. The number of rotatable bonds is 4. The molecule has 22 heavy (non-hydrogen) atoms. The molecule has 2 N–H and O–H groups in total. The second-order valence-electron chi connectivity index (χ2n) is 5.65. The minimum absolute atomic E-state index is 0. The van der Waals surface area contributed by atoms with E-state index in [1.165, 1.54) is 18.4 Å². The Morgan fingerprint density at radius 2 is 1.91 bits per heavy atom. The molecule has 3 rings (SSSR count). The Labute approximate surface area is 143 Å². The largest absolute Gasteiger partial charge is 0.381 e. The first kappa shape index (κ1) is 17.1. The van der Waals surface area contributed by atoms with Crippen molar-refractivity contribution in [3.8, 4) is 0 Å². The van der Waals surface area contributed by atoms with E-state index < -0.39 is 0 Å². The minimum atomic E-state index is 0. The summed E-state index contributed by atoms with van der Waals surface area (Å²) in [6.07, 6.45) is 3.46. The van der Waals surface area contributed by atoms with Crippen LogP contribution in [0.5, 0.6) is 0 Å². The van der Waals surface area contributed by atoms with Crippen molar-refractivity contribution in [3.63, 3.8) is 0 Å². The molecule has 0 saturated carbocycles. The van der Waals surface area contributed by atoms with E-state index in [2.05, 4.69) is 47.0 Å². The highest BCUT2D eigenvalue weighted by molar-refractivity contribution is 6.30. The summed E-state index contributed by atoms with van der Waals surface area (Å²) in [4.78, 5) is 0. The van der Waals surface area contributed by atoms with E-state index in [-0.39, 0.29) is 12.4 Å². The van der Waals surface area contributed by atoms with Crippen LogP contribution in [0.25, 0.3) is 0 Å². The lowest BCUT2D eigenvalue weighted by atomic mass is 9.92. The predicted molar refractivity (Wildman–Crippen MR) is 97.3 cm³/mol. The van der Waals surface area contributed by atoms with Crippen LogP contribution < -0.4 is 10.6 Å². The highest BCUT2D eigenvalue weighted by Gasteiger charge is 2.24. The fourth-order valence-corrected chi connectivity index (χ4v) is 3.19. The van der Waals surface area contributed by atoms with Gasteiger partial charge < -0.3 is 10.6 Å². The van der Waals surface area contributed by atoms with Gasteiger partial charge in [0.1, 0.15) is 0 Å². The molecule has 0 amide bonds. The lowest BCUT2D eigenvalue weighted by molar-refractivity contribution is 0.366. The zero-order chi connectivity index (χ0) is 14.5. The van der Waals surface area contributed by atoms with Gasteiger partial charge in [-0.2, -0.15) is 0 Å². The molecule has 1 aliphatic rings. The SMILES string of the molecule is Cl.Clc1cccc(N[C@H]2CCCN[C@H]2Cc2ccccc2)c1. The van der Waals surface area contributed by atoms with Gasteiger partial charge in [0.25, 0.3) is 0 Å². The van der Waals surface area contributed by atoms with Crippen molar-refractivity contribution in [3.05, 3.63) is 65.2 Å². The maximum Gasteiger partial charge on any atom is 0.0426 e. The molecule has 1 aliphatic heterocycles. The van der Waals surface area contributed by atoms with E-state index in [0.717, 1.165) is 23.7 Å². The Morgan fingerprint density at radius 3 is 2.68 bits per heavy atom. The van der Waals surface area contributed by atoms with Crippen LogP contribution in [-0.4, -0.2) is 18.6 Å². The first-order valence-corrected chi connectivity index (χ1v) is 7.98. The number of halogens is 2. The number of hydrogen-bond acceptors (Lipinski definition) is 2. The fraction of sp³-hybridized carbons (Fsp3) is 0.333. The Balaban J connectivity index is 0.00000176. The molecular formula is C18H22Cl2N2. The minimum Gasteiger partial charge on any atom is -0.381 e. The topological polar surface area (TPSA) is 24.1 Å². The average molecular weight is 337 g/mol. The van der Waals surface area contributed by atoms with Crippen LogP contribution in [0.3, 0.4) is 0 Å². The third-order valence-corrected chi connectivity index (χ3v) is 4.29. The van der Waals surface area contributed by atoms with Crippen molar-refractivity contribution >= 4 is 29.7 Å². The predicted octanol–water partition coefficient (Wildman–Crippen LogP) is 4.54. The lowest BCUT2D eigenvalue weighted by Crippen LogP contribution is -2.49. The quantitative estimate of drug-likeness (QED) is 0.856. The number of anilines is 1. The number of hydrogen-bond donors (Lipinski definition) is 2. The van der Waals surface area contributed by atoms with Crippen LogP contribution in [0.2, 0.25) is 5.02 Å². The third kappa shape index (κ3) is 4.64. The first-order valence-electron chi connectivity index (χ1n) is 7.61. The van der Waals surface area contributed by atoms with Crippen molar-refractivity contribution in [1.82, 2.24) is 5.32 Å². The van der Waals surface area contributed by atoms with Crippen molar-refractivity contribution in [2.75, 3.05) is 11.9 Å². The molecule has 4 heteroatoms. The summed E-state index contributed by atoms with van der Waals surface area (Å²) >= 11 is 6.07. The molecule has 2 atom stereocenters. The summed E-state index contributed by atoms with van der Waals surface area (Å²) < 4.78 is 0. The smallest absolute Gasteiger partial charge is 0.0426 e. The second kappa shape index (κ2) is 8.42. The van der Waals surface area contributed by atoms with Gasteiger partial charge in [-0.3, -0.25) is 0 Å². The number of piperidine rings is 1. The van der Waals surface area contributed by atoms with E-state index in [0.29, 0.717) is 12.1 Å². The number of nitrogens with one attached hydrogen (secondary N) is 2. The summed E-state index contributed by atoms with van der Waals surface area (Å²) in [6.45, 7) is 1.10. The van der Waals surface area contributed by atoms with Crippen molar-refractivity contribution in [2.45, 2.75) is 31.3 Å². The average Bonchev–Trinajstić information content (AvgIpc) is 2.50. The Kier molecular flexibility index (Phi) is 6.56. The van der Waals surface area contributed by atoms with Gasteiger partial charge in [-0.1, -0.05) is 48.0 Å². The fourth-order valence-electron chi connectivity index (χ4n) is 3.00. The highest BCUT2D eigenvalue weighted by atomic mass is 35.5. The molecule has 1 fully saturated rings. The summed E-state index contributed by atoms with van der Waals surface area (Å²) in [6, 6.07) is 19.6. The molecule has 1 heterocycles. The van der Waals surface area contributed by atoms with Gasteiger partial charge in [-0.25, -0.2) is 0 Å². The first-order chi connectivity index (χ1) is 10.3. The molecule has 1 saturated heterocycles. The normalized spacial score (nSPS) is 21.0. The molecule has 2 aromatic rings. The Bertz CT molecular complexity index is 574. The van der Waals surface area contributed by atoms with Gasteiger partial charge in [-0.05, 0) is 49.6 Å². The van der Waals surface area contributed by atoms with E-state index in [1.54, 1.807) is 0 Å². The van der Waals surface area contributed by atoms with Gasteiger partial charge in [0, 0.05) is 22.8 Å². The Morgan fingerprint density at radius 1 is 1.09 bits per heavy atom.